The SMILES string of the molecule is Cc1nc(-c2ccc(C(F)(F)F)cc2)sc1COc1ccc(C=CC(=O)O)cc1. The van der Waals surface area contributed by atoms with Crippen LogP contribution in [0.1, 0.15) is 21.7 Å². The molecule has 1 heterocycles. The second-order valence-corrected chi connectivity index (χ2v) is 7.22. The van der Waals surface area contributed by atoms with Gasteiger partial charge in [0.05, 0.1) is 16.1 Å². The van der Waals surface area contributed by atoms with Crippen LogP contribution in [0.5, 0.6) is 5.75 Å². The van der Waals surface area contributed by atoms with Gasteiger partial charge >= 0.3 is 12.1 Å². The van der Waals surface area contributed by atoms with Crippen LogP contribution in [0.25, 0.3) is 16.6 Å². The van der Waals surface area contributed by atoms with E-state index in [1.165, 1.54) is 29.5 Å². The number of alkyl halides is 3. The van der Waals surface area contributed by atoms with Crippen molar-refractivity contribution in [3.8, 4) is 16.3 Å². The molecule has 2 aromatic carbocycles. The van der Waals surface area contributed by atoms with Gasteiger partial charge in [0, 0.05) is 11.6 Å². The fourth-order valence-corrected chi connectivity index (χ4v) is 3.46. The van der Waals surface area contributed by atoms with E-state index in [1.54, 1.807) is 24.3 Å². The fraction of sp³-hybridized carbons (Fsp3) is 0.143. The molecule has 0 aliphatic carbocycles. The Bertz CT molecular complexity index is 1020. The zero-order valence-electron chi connectivity index (χ0n) is 15.2. The topological polar surface area (TPSA) is 59.4 Å². The van der Waals surface area contributed by atoms with Gasteiger partial charge in [-0.2, -0.15) is 13.2 Å². The Morgan fingerprint density at radius 1 is 1.14 bits per heavy atom. The van der Waals surface area contributed by atoms with E-state index in [0.717, 1.165) is 34.3 Å². The minimum Gasteiger partial charge on any atom is -0.488 e. The molecule has 150 valence electrons. The van der Waals surface area contributed by atoms with Crippen molar-refractivity contribution in [3.05, 3.63) is 76.3 Å². The van der Waals surface area contributed by atoms with Gasteiger partial charge in [-0.3, -0.25) is 0 Å². The average Bonchev–Trinajstić information content (AvgIpc) is 3.05. The highest BCUT2D eigenvalue weighted by Crippen LogP contribution is 2.33. The number of benzene rings is 2. The molecule has 1 aromatic heterocycles. The Hall–Kier alpha value is -3.13. The number of nitrogens with zero attached hydrogens (tertiary/aromatic N) is 1. The van der Waals surface area contributed by atoms with Crippen LogP contribution in [0, 0.1) is 6.92 Å². The molecular formula is C21H16F3NO3S. The van der Waals surface area contributed by atoms with Crippen molar-refractivity contribution in [2.75, 3.05) is 0 Å². The zero-order chi connectivity index (χ0) is 21.0. The summed E-state index contributed by atoms with van der Waals surface area (Å²) >= 11 is 1.37. The first-order valence-electron chi connectivity index (χ1n) is 8.50. The van der Waals surface area contributed by atoms with Crippen LogP contribution in [-0.2, 0) is 17.6 Å². The summed E-state index contributed by atoms with van der Waals surface area (Å²) < 4.78 is 43.8. The van der Waals surface area contributed by atoms with Gasteiger partial charge in [0.2, 0.25) is 0 Å². The Morgan fingerprint density at radius 2 is 1.79 bits per heavy atom. The van der Waals surface area contributed by atoms with Crippen molar-refractivity contribution in [2.24, 2.45) is 0 Å². The summed E-state index contributed by atoms with van der Waals surface area (Å²) in [6.07, 6.45) is -1.83. The molecule has 3 rings (SSSR count). The maximum atomic E-state index is 12.7. The molecule has 0 aliphatic heterocycles. The number of aliphatic carboxylic acids is 1. The lowest BCUT2D eigenvalue weighted by atomic mass is 10.1. The minimum atomic E-state index is -4.37. The third kappa shape index (κ3) is 5.45. The second kappa shape index (κ2) is 8.48. The summed E-state index contributed by atoms with van der Waals surface area (Å²) in [7, 11) is 0. The molecule has 8 heteroatoms. The van der Waals surface area contributed by atoms with Crippen LogP contribution in [0.15, 0.2) is 54.6 Å². The lowest BCUT2D eigenvalue weighted by Gasteiger charge is -2.06. The Kier molecular flexibility index (Phi) is 6.03. The number of ether oxygens (including phenoxy) is 1. The van der Waals surface area contributed by atoms with Gasteiger partial charge < -0.3 is 9.84 Å². The molecule has 29 heavy (non-hydrogen) atoms. The number of carboxylic acids is 1. The molecule has 0 aliphatic rings. The van der Waals surface area contributed by atoms with Gasteiger partial charge in [-0.1, -0.05) is 24.3 Å². The number of rotatable bonds is 6. The van der Waals surface area contributed by atoms with Gasteiger partial charge in [0.15, 0.2) is 0 Å². The molecule has 3 aromatic rings. The Labute approximate surface area is 168 Å². The number of hydrogen-bond donors (Lipinski definition) is 1. The van der Waals surface area contributed by atoms with Crippen molar-refractivity contribution < 1.29 is 27.8 Å². The van der Waals surface area contributed by atoms with Crippen LogP contribution in [0.3, 0.4) is 0 Å². The monoisotopic (exact) mass is 419 g/mol. The Morgan fingerprint density at radius 3 is 2.38 bits per heavy atom. The summed E-state index contributed by atoms with van der Waals surface area (Å²) in [6.45, 7) is 2.09. The largest absolute Gasteiger partial charge is 0.488 e. The fourth-order valence-electron chi connectivity index (χ4n) is 2.48. The minimum absolute atomic E-state index is 0.272. The van der Waals surface area contributed by atoms with Crippen molar-refractivity contribution in [3.63, 3.8) is 0 Å². The van der Waals surface area contributed by atoms with E-state index in [4.69, 9.17) is 9.84 Å². The Balaban J connectivity index is 1.67. The molecule has 0 amide bonds. The quantitative estimate of drug-likeness (QED) is 0.512. The van der Waals surface area contributed by atoms with E-state index in [2.05, 4.69) is 4.98 Å². The highest BCUT2D eigenvalue weighted by Gasteiger charge is 2.30. The predicted molar refractivity (Wildman–Crippen MR) is 105 cm³/mol. The van der Waals surface area contributed by atoms with Crippen LogP contribution in [0.4, 0.5) is 13.2 Å². The number of thiazole rings is 1. The molecular weight excluding hydrogens is 403 g/mol. The van der Waals surface area contributed by atoms with Crippen LogP contribution < -0.4 is 4.74 Å². The number of hydrogen-bond acceptors (Lipinski definition) is 4. The lowest BCUT2D eigenvalue weighted by molar-refractivity contribution is -0.137. The maximum Gasteiger partial charge on any atom is 0.416 e. The van der Waals surface area contributed by atoms with Crippen molar-refractivity contribution in [1.29, 1.82) is 0 Å². The van der Waals surface area contributed by atoms with E-state index >= 15 is 0 Å². The van der Waals surface area contributed by atoms with E-state index < -0.39 is 17.7 Å². The standard InChI is InChI=1S/C21H16F3NO3S/c1-13-18(12-28-17-9-2-14(3-10-17)4-11-19(26)27)29-20(25-13)15-5-7-16(8-6-15)21(22,23)24/h2-11H,12H2,1H3,(H,26,27). The normalized spacial score (nSPS) is 11.7. The summed E-state index contributed by atoms with van der Waals surface area (Å²) in [6, 6.07) is 11.8. The van der Waals surface area contributed by atoms with Crippen LogP contribution in [-0.4, -0.2) is 16.1 Å². The van der Waals surface area contributed by atoms with E-state index in [1.807, 2.05) is 6.92 Å². The maximum absolute atomic E-state index is 12.7. The zero-order valence-corrected chi connectivity index (χ0v) is 16.1. The summed E-state index contributed by atoms with van der Waals surface area (Å²) in [5.74, 6) is -0.406. The first-order chi connectivity index (χ1) is 13.7. The number of aromatic nitrogens is 1. The molecule has 0 radical (unpaired) electrons. The van der Waals surface area contributed by atoms with Gasteiger partial charge in [0.25, 0.3) is 0 Å². The second-order valence-electron chi connectivity index (χ2n) is 6.13. The number of aryl methyl sites for hydroxylation is 1. The lowest BCUT2D eigenvalue weighted by Crippen LogP contribution is -2.03. The van der Waals surface area contributed by atoms with Crippen LogP contribution >= 0.6 is 11.3 Å². The summed E-state index contributed by atoms with van der Waals surface area (Å²) in [5.41, 5.74) is 1.41. The number of carbonyl (C=O) groups is 1. The number of halogens is 3. The van der Waals surface area contributed by atoms with Crippen molar-refractivity contribution in [2.45, 2.75) is 19.7 Å². The van der Waals surface area contributed by atoms with E-state index in [9.17, 15) is 18.0 Å². The van der Waals surface area contributed by atoms with Crippen molar-refractivity contribution in [1.82, 2.24) is 4.98 Å². The summed E-state index contributed by atoms with van der Waals surface area (Å²) in [5, 5.41) is 9.26. The van der Waals surface area contributed by atoms with Gasteiger partial charge in [0.1, 0.15) is 17.4 Å². The van der Waals surface area contributed by atoms with Gasteiger partial charge in [-0.25, -0.2) is 9.78 Å². The third-order valence-electron chi connectivity index (χ3n) is 4.02. The molecule has 0 unspecified atom stereocenters. The predicted octanol–water partition coefficient (Wildman–Crippen LogP) is 5.81. The molecule has 0 saturated carbocycles. The summed E-state index contributed by atoms with van der Waals surface area (Å²) in [4.78, 5) is 15.8. The molecule has 4 nitrogen and oxygen atoms in total. The molecule has 0 spiro atoms. The van der Waals surface area contributed by atoms with Gasteiger partial charge in [-0.15, -0.1) is 11.3 Å². The van der Waals surface area contributed by atoms with E-state index in [0.29, 0.717) is 16.3 Å². The molecule has 1 N–H and O–H groups in total. The third-order valence-corrected chi connectivity index (χ3v) is 5.20. The smallest absolute Gasteiger partial charge is 0.416 e. The molecule has 0 atom stereocenters. The highest BCUT2D eigenvalue weighted by atomic mass is 32.1. The van der Waals surface area contributed by atoms with E-state index in [-0.39, 0.29) is 6.61 Å². The van der Waals surface area contributed by atoms with Crippen LogP contribution in [0.2, 0.25) is 0 Å². The molecule has 0 saturated heterocycles. The van der Waals surface area contributed by atoms with Gasteiger partial charge in [-0.05, 0) is 42.8 Å². The first kappa shape index (κ1) is 20.6. The average molecular weight is 419 g/mol. The molecule has 0 fully saturated rings. The van der Waals surface area contributed by atoms with Crippen molar-refractivity contribution >= 4 is 23.4 Å². The number of carboxylic acid groups (broad SMARTS) is 1. The highest BCUT2D eigenvalue weighted by molar-refractivity contribution is 7.15. The first-order valence-corrected chi connectivity index (χ1v) is 9.32. The molecule has 0 bridgehead atoms.